The van der Waals surface area contributed by atoms with E-state index >= 15 is 0 Å². The van der Waals surface area contributed by atoms with Crippen LogP contribution in [0.3, 0.4) is 0 Å². The molecule has 1 unspecified atom stereocenters. The van der Waals surface area contributed by atoms with Gasteiger partial charge >= 0.3 is 0 Å². The summed E-state index contributed by atoms with van der Waals surface area (Å²) < 4.78 is 0. The summed E-state index contributed by atoms with van der Waals surface area (Å²) in [4.78, 5) is 1.29. The van der Waals surface area contributed by atoms with Crippen LogP contribution in [0.25, 0.3) is 0 Å². The average molecular weight is 248 g/mol. The lowest BCUT2D eigenvalue weighted by atomic mass is 10.1. The topological polar surface area (TPSA) is 35.8 Å². The van der Waals surface area contributed by atoms with Crippen molar-refractivity contribution in [3.8, 4) is 6.07 Å². The van der Waals surface area contributed by atoms with Gasteiger partial charge in [-0.25, -0.2) is 0 Å². The Balaban J connectivity index is 2.48. The normalized spacial score (nSPS) is 12.2. The minimum atomic E-state index is 0.0970. The van der Waals surface area contributed by atoms with Crippen molar-refractivity contribution in [1.29, 1.82) is 5.26 Å². The van der Waals surface area contributed by atoms with E-state index in [1.165, 1.54) is 4.90 Å². The number of anilines is 1. The van der Waals surface area contributed by atoms with E-state index in [0.29, 0.717) is 5.25 Å². The highest BCUT2D eigenvalue weighted by atomic mass is 32.2. The van der Waals surface area contributed by atoms with Crippen molar-refractivity contribution in [3.63, 3.8) is 0 Å². The molecule has 0 fully saturated rings. The lowest BCUT2D eigenvalue weighted by molar-refractivity contribution is 0.674. The van der Waals surface area contributed by atoms with Crippen molar-refractivity contribution in [2.45, 2.75) is 37.3 Å². The smallest absolute Gasteiger partial charge is 0.0674 e. The second-order valence-corrected chi connectivity index (χ2v) is 5.96. The summed E-state index contributed by atoms with van der Waals surface area (Å²) in [7, 11) is 0. The number of nitrogens with one attached hydrogen (secondary N) is 1. The fourth-order valence-corrected chi connectivity index (χ4v) is 2.28. The van der Waals surface area contributed by atoms with E-state index in [0.717, 1.165) is 18.7 Å². The molecule has 1 aromatic rings. The molecule has 0 aromatic heterocycles. The van der Waals surface area contributed by atoms with E-state index in [1.807, 2.05) is 18.7 Å². The van der Waals surface area contributed by atoms with Crippen LogP contribution in [-0.4, -0.2) is 11.8 Å². The molecule has 17 heavy (non-hydrogen) atoms. The van der Waals surface area contributed by atoms with Crippen molar-refractivity contribution in [1.82, 2.24) is 0 Å². The third-order valence-electron chi connectivity index (χ3n) is 2.45. The highest BCUT2D eigenvalue weighted by molar-refractivity contribution is 7.99. The highest BCUT2D eigenvalue weighted by Crippen LogP contribution is 2.24. The number of nitrogens with zero attached hydrogens (tertiary/aromatic N) is 1. The minimum Gasteiger partial charge on any atom is -0.384 e. The average Bonchev–Trinajstić information content (AvgIpc) is 2.32. The summed E-state index contributed by atoms with van der Waals surface area (Å²) >= 11 is 1.86. The molecule has 0 saturated heterocycles. The van der Waals surface area contributed by atoms with Crippen LogP contribution in [0.4, 0.5) is 5.69 Å². The summed E-state index contributed by atoms with van der Waals surface area (Å²) in [6.45, 7) is 7.15. The Labute approximate surface area is 108 Å². The van der Waals surface area contributed by atoms with Crippen LogP contribution in [0.2, 0.25) is 0 Å². The van der Waals surface area contributed by atoms with Crippen molar-refractivity contribution < 1.29 is 0 Å². The predicted octanol–water partition coefficient (Wildman–Crippen LogP) is 4.15. The predicted molar refractivity (Wildman–Crippen MR) is 75.3 cm³/mol. The highest BCUT2D eigenvalue weighted by Gasteiger charge is 2.03. The monoisotopic (exact) mass is 248 g/mol. The first-order valence-corrected chi connectivity index (χ1v) is 6.93. The molecule has 92 valence electrons. The van der Waals surface area contributed by atoms with E-state index in [4.69, 9.17) is 5.26 Å². The van der Waals surface area contributed by atoms with E-state index in [2.05, 4.69) is 49.5 Å². The molecule has 0 heterocycles. The van der Waals surface area contributed by atoms with Crippen molar-refractivity contribution >= 4 is 17.4 Å². The maximum Gasteiger partial charge on any atom is 0.0674 e. The van der Waals surface area contributed by atoms with Gasteiger partial charge in [-0.2, -0.15) is 5.26 Å². The molecule has 0 saturated carbocycles. The lowest BCUT2D eigenvalue weighted by Crippen LogP contribution is -2.11. The molecule has 3 heteroatoms. The molecule has 1 N–H and O–H groups in total. The Morgan fingerprint density at radius 3 is 2.41 bits per heavy atom. The largest absolute Gasteiger partial charge is 0.384 e. The van der Waals surface area contributed by atoms with Gasteiger partial charge in [-0.1, -0.05) is 20.8 Å². The second-order valence-electron chi connectivity index (χ2n) is 4.31. The van der Waals surface area contributed by atoms with Crippen LogP contribution >= 0.6 is 11.8 Å². The minimum absolute atomic E-state index is 0.0970. The Bertz CT molecular complexity index is 365. The number of thioether (sulfide) groups is 1. The van der Waals surface area contributed by atoms with Crippen molar-refractivity contribution in [2.75, 3.05) is 11.9 Å². The van der Waals surface area contributed by atoms with Gasteiger partial charge in [0.05, 0.1) is 12.0 Å². The number of nitriles is 1. The molecular weight excluding hydrogens is 228 g/mol. The number of hydrogen-bond acceptors (Lipinski definition) is 3. The zero-order valence-electron chi connectivity index (χ0n) is 10.7. The molecule has 1 rings (SSSR count). The van der Waals surface area contributed by atoms with Crippen LogP contribution in [-0.2, 0) is 0 Å². The van der Waals surface area contributed by atoms with Crippen LogP contribution < -0.4 is 5.32 Å². The fraction of sp³-hybridized carbons (Fsp3) is 0.500. The van der Waals surface area contributed by atoms with E-state index in [-0.39, 0.29) is 5.92 Å². The van der Waals surface area contributed by atoms with Crippen LogP contribution in [0.15, 0.2) is 29.2 Å². The molecule has 2 nitrogen and oxygen atoms in total. The molecule has 1 atom stereocenters. The fourth-order valence-electron chi connectivity index (χ4n) is 1.45. The lowest BCUT2D eigenvalue weighted by Gasteiger charge is -2.10. The Morgan fingerprint density at radius 2 is 1.94 bits per heavy atom. The first kappa shape index (κ1) is 13.9. The summed E-state index contributed by atoms with van der Waals surface area (Å²) in [6.07, 6.45) is 0.894. The maximum absolute atomic E-state index is 8.85. The summed E-state index contributed by atoms with van der Waals surface area (Å²) in [5.41, 5.74) is 1.09. The quantitative estimate of drug-likeness (QED) is 0.768. The van der Waals surface area contributed by atoms with Gasteiger partial charge in [0.25, 0.3) is 0 Å². The van der Waals surface area contributed by atoms with Crippen LogP contribution in [0.5, 0.6) is 0 Å². The third kappa shape index (κ3) is 5.14. The van der Waals surface area contributed by atoms with Crippen LogP contribution in [0, 0.1) is 17.2 Å². The molecular formula is C14H20N2S. The first-order valence-electron chi connectivity index (χ1n) is 6.06. The van der Waals surface area contributed by atoms with Gasteiger partial charge in [-0.15, -0.1) is 11.8 Å². The Morgan fingerprint density at radius 1 is 1.29 bits per heavy atom. The maximum atomic E-state index is 8.85. The number of benzene rings is 1. The first-order chi connectivity index (χ1) is 8.15. The van der Waals surface area contributed by atoms with Gasteiger partial charge in [-0.05, 0) is 30.7 Å². The van der Waals surface area contributed by atoms with Crippen molar-refractivity contribution in [3.05, 3.63) is 24.3 Å². The molecule has 0 radical (unpaired) electrons. The van der Waals surface area contributed by atoms with E-state index in [1.54, 1.807) is 0 Å². The summed E-state index contributed by atoms with van der Waals surface area (Å²) in [5, 5.41) is 12.8. The molecule has 1 aromatic carbocycles. The van der Waals surface area contributed by atoms with Crippen molar-refractivity contribution in [2.24, 2.45) is 5.92 Å². The van der Waals surface area contributed by atoms with Gasteiger partial charge in [0.15, 0.2) is 0 Å². The molecule has 0 aliphatic carbocycles. The number of hydrogen-bond donors (Lipinski definition) is 1. The van der Waals surface area contributed by atoms with Gasteiger partial charge in [-0.3, -0.25) is 0 Å². The second kappa shape index (κ2) is 7.24. The summed E-state index contributed by atoms with van der Waals surface area (Å²) in [5.74, 6) is 0.0970. The SMILES string of the molecule is CCC(C#N)CNc1ccc(SC(C)C)cc1. The summed E-state index contributed by atoms with van der Waals surface area (Å²) in [6, 6.07) is 10.7. The van der Waals surface area contributed by atoms with E-state index in [9.17, 15) is 0 Å². The van der Waals surface area contributed by atoms with Gasteiger partial charge < -0.3 is 5.32 Å². The molecule has 0 bridgehead atoms. The van der Waals surface area contributed by atoms with Gasteiger partial charge in [0.2, 0.25) is 0 Å². The molecule has 0 aliphatic rings. The van der Waals surface area contributed by atoms with Gasteiger partial charge in [0, 0.05) is 22.4 Å². The third-order valence-corrected chi connectivity index (χ3v) is 3.47. The molecule has 0 amide bonds. The zero-order valence-corrected chi connectivity index (χ0v) is 11.6. The Kier molecular flexibility index (Phi) is 5.93. The molecule has 0 spiro atoms. The standard InChI is InChI=1S/C14H20N2S/c1-4-12(9-15)10-16-13-5-7-14(8-6-13)17-11(2)3/h5-8,11-12,16H,4,10H2,1-3H3. The van der Waals surface area contributed by atoms with Crippen LogP contribution in [0.1, 0.15) is 27.2 Å². The number of rotatable bonds is 6. The Hall–Kier alpha value is -1.14. The molecule has 0 aliphatic heterocycles. The van der Waals surface area contributed by atoms with E-state index < -0.39 is 0 Å². The zero-order chi connectivity index (χ0) is 12.7. The van der Waals surface area contributed by atoms with Gasteiger partial charge in [0.1, 0.15) is 0 Å².